The van der Waals surface area contributed by atoms with E-state index in [0.29, 0.717) is 22.9 Å². The summed E-state index contributed by atoms with van der Waals surface area (Å²) in [7, 11) is 0. The molecule has 21 heavy (non-hydrogen) atoms. The van der Waals surface area contributed by atoms with Crippen molar-refractivity contribution in [2.75, 3.05) is 0 Å². The van der Waals surface area contributed by atoms with Crippen LogP contribution in [0.5, 0.6) is 5.75 Å². The van der Waals surface area contributed by atoms with Gasteiger partial charge < -0.3 is 4.74 Å². The number of fused-ring (bicyclic) bond motifs is 1. The van der Waals surface area contributed by atoms with Gasteiger partial charge in [0.1, 0.15) is 18.4 Å². The summed E-state index contributed by atoms with van der Waals surface area (Å²) < 4.78 is 5.76. The maximum absolute atomic E-state index is 8.85. The highest BCUT2D eigenvalue weighted by molar-refractivity contribution is 6.31. The van der Waals surface area contributed by atoms with Crippen molar-refractivity contribution in [3.8, 4) is 11.8 Å². The normalized spacial score (nSPS) is 10.3. The SMILES string of the molecule is N#Cc1ccc(OCc2ccnc3ccccc23)cc1Cl. The van der Waals surface area contributed by atoms with Gasteiger partial charge in [0.2, 0.25) is 0 Å². The topological polar surface area (TPSA) is 45.9 Å². The molecule has 0 aliphatic carbocycles. The standard InChI is InChI=1S/C17H11ClN2O/c18-16-9-14(6-5-12(16)10-19)21-11-13-7-8-20-17-4-2-1-3-15(13)17/h1-9H,11H2. The molecule has 3 aromatic rings. The predicted octanol–water partition coefficient (Wildman–Crippen LogP) is 4.34. The third-order valence-electron chi connectivity index (χ3n) is 3.19. The molecule has 0 saturated carbocycles. The molecule has 0 unspecified atom stereocenters. The highest BCUT2D eigenvalue weighted by Crippen LogP contribution is 2.24. The highest BCUT2D eigenvalue weighted by Gasteiger charge is 2.05. The molecule has 1 aromatic heterocycles. The number of ether oxygens (including phenoxy) is 1. The Kier molecular flexibility index (Phi) is 3.72. The van der Waals surface area contributed by atoms with E-state index in [9.17, 15) is 0 Å². The molecular formula is C17H11ClN2O. The number of nitrogens with zero attached hydrogens (tertiary/aromatic N) is 2. The zero-order chi connectivity index (χ0) is 14.7. The van der Waals surface area contributed by atoms with Gasteiger partial charge in [0.05, 0.1) is 16.1 Å². The summed E-state index contributed by atoms with van der Waals surface area (Å²) >= 11 is 5.99. The first-order chi connectivity index (χ1) is 10.3. The van der Waals surface area contributed by atoms with Crippen molar-refractivity contribution in [3.63, 3.8) is 0 Å². The minimum Gasteiger partial charge on any atom is -0.489 e. The smallest absolute Gasteiger partial charge is 0.121 e. The van der Waals surface area contributed by atoms with Crippen LogP contribution >= 0.6 is 11.6 Å². The van der Waals surface area contributed by atoms with Crippen LogP contribution in [0, 0.1) is 11.3 Å². The molecular weight excluding hydrogens is 284 g/mol. The van der Waals surface area contributed by atoms with Gasteiger partial charge in [-0.1, -0.05) is 29.8 Å². The quantitative estimate of drug-likeness (QED) is 0.722. The summed E-state index contributed by atoms with van der Waals surface area (Å²) in [5.41, 5.74) is 2.44. The molecule has 4 heteroatoms. The Morgan fingerprint density at radius 2 is 2.00 bits per heavy atom. The molecule has 0 aliphatic rings. The van der Waals surface area contributed by atoms with Crippen LogP contribution in [0.4, 0.5) is 0 Å². The summed E-state index contributed by atoms with van der Waals surface area (Å²) in [4.78, 5) is 4.32. The number of rotatable bonds is 3. The van der Waals surface area contributed by atoms with Crippen LogP contribution in [-0.4, -0.2) is 4.98 Å². The molecule has 102 valence electrons. The molecule has 3 nitrogen and oxygen atoms in total. The number of aromatic nitrogens is 1. The molecule has 3 rings (SSSR count). The van der Waals surface area contributed by atoms with Crippen molar-refractivity contribution in [1.29, 1.82) is 5.26 Å². The molecule has 0 saturated heterocycles. The first-order valence-corrected chi connectivity index (χ1v) is 6.81. The summed E-state index contributed by atoms with van der Waals surface area (Å²) in [6, 6.07) is 16.9. The van der Waals surface area contributed by atoms with Crippen LogP contribution in [0.25, 0.3) is 10.9 Å². The Balaban J connectivity index is 1.84. The third kappa shape index (κ3) is 2.81. The first kappa shape index (κ1) is 13.4. The van der Waals surface area contributed by atoms with E-state index in [1.54, 1.807) is 24.4 Å². The largest absolute Gasteiger partial charge is 0.489 e. The molecule has 0 aliphatic heterocycles. The second kappa shape index (κ2) is 5.82. The second-order valence-corrected chi connectivity index (χ2v) is 4.94. The van der Waals surface area contributed by atoms with Crippen molar-refractivity contribution < 1.29 is 4.74 Å². The Morgan fingerprint density at radius 3 is 2.81 bits per heavy atom. The molecule has 0 bridgehead atoms. The van der Waals surface area contributed by atoms with Crippen molar-refractivity contribution in [1.82, 2.24) is 4.98 Å². The van der Waals surface area contributed by atoms with Gasteiger partial charge in [-0.2, -0.15) is 5.26 Å². The molecule has 0 atom stereocenters. The van der Waals surface area contributed by atoms with Crippen LogP contribution in [0.15, 0.2) is 54.7 Å². The highest BCUT2D eigenvalue weighted by atomic mass is 35.5. The summed E-state index contributed by atoms with van der Waals surface area (Å²) in [6.45, 7) is 0.422. The monoisotopic (exact) mass is 294 g/mol. The molecule has 0 radical (unpaired) electrons. The Morgan fingerprint density at radius 1 is 1.14 bits per heavy atom. The number of para-hydroxylation sites is 1. The van der Waals surface area contributed by atoms with Gasteiger partial charge in [-0.05, 0) is 24.3 Å². The van der Waals surface area contributed by atoms with E-state index in [-0.39, 0.29) is 0 Å². The Labute approximate surface area is 127 Å². The molecule has 0 spiro atoms. The number of benzene rings is 2. The van der Waals surface area contributed by atoms with E-state index in [4.69, 9.17) is 21.6 Å². The average Bonchev–Trinajstić information content (AvgIpc) is 2.53. The van der Waals surface area contributed by atoms with E-state index >= 15 is 0 Å². The lowest BCUT2D eigenvalue weighted by Crippen LogP contribution is -1.97. The average molecular weight is 295 g/mol. The third-order valence-corrected chi connectivity index (χ3v) is 3.51. The molecule has 0 fully saturated rings. The van der Waals surface area contributed by atoms with Crippen molar-refractivity contribution in [3.05, 3.63) is 70.9 Å². The lowest BCUT2D eigenvalue weighted by molar-refractivity contribution is 0.307. The number of nitriles is 1. The van der Waals surface area contributed by atoms with Gasteiger partial charge in [0.15, 0.2) is 0 Å². The lowest BCUT2D eigenvalue weighted by Gasteiger charge is -2.09. The van der Waals surface area contributed by atoms with Crippen molar-refractivity contribution >= 4 is 22.5 Å². The maximum atomic E-state index is 8.85. The van der Waals surface area contributed by atoms with Crippen LogP contribution in [0.2, 0.25) is 5.02 Å². The lowest BCUT2D eigenvalue weighted by atomic mass is 10.1. The van der Waals surface area contributed by atoms with E-state index in [1.807, 2.05) is 36.4 Å². The van der Waals surface area contributed by atoms with E-state index in [1.165, 1.54) is 0 Å². The Bertz CT molecular complexity index is 834. The van der Waals surface area contributed by atoms with Gasteiger partial charge in [0.25, 0.3) is 0 Å². The molecule has 0 amide bonds. The summed E-state index contributed by atoms with van der Waals surface area (Å²) in [6.07, 6.45) is 1.77. The summed E-state index contributed by atoms with van der Waals surface area (Å²) in [5.74, 6) is 0.639. The van der Waals surface area contributed by atoms with Crippen LogP contribution in [-0.2, 0) is 6.61 Å². The fourth-order valence-corrected chi connectivity index (χ4v) is 2.33. The molecule has 1 heterocycles. The minimum atomic E-state index is 0.398. The number of pyridine rings is 1. The van der Waals surface area contributed by atoms with Crippen LogP contribution in [0.1, 0.15) is 11.1 Å². The Hall–Kier alpha value is -2.57. The van der Waals surface area contributed by atoms with Crippen molar-refractivity contribution in [2.45, 2.75) is 6.61 Å². The first-order valence-electron chi connectivity index (χ1n) is 6.43. The van der Waals surface area contributed by atoms with Crippen molar-refractivity contribution in [2.24, 2.45) is 0 Å². The predicted molar refractivity (Wildman–Crippen MR) is 82.2 cm³/mol. The van der Waals surface area contributed by atoms with Gasteiger partial charge in [-0.3, -0.25) is 4.98 Å². The van der Waals surface area contributed by atoms with E-state index in [2.05, 4.69) is 4.98 Å². The van der Waals surface area contributed by atoms with Gasteiger partial charge in [-0.15, -0.1) is 0 Å². The van der Waals surface area contributed by atoms with Crippen LogP contribution < -0.4 is 4.74 Å². The van der Waals surface area contributed by atoms with E-state index < -0.39 is 0 Å². The molecule has 2 aromatic carbocycles. The number of hydrogen-bond donors (Lipinski definition) is 0. The van der Waals surface area contributed by atoms with E-state index in [0.717, 1.165) is 16.5 Å². The van der Waals surface area contributed by atoms with Gasteiger partial charge in [-0.25, -0.2) is 0 Å². The second-order valence-electron chi connectivity index (χ2n) is 4.53. The zero-order valence-electron chi connectivity index (χ0n) is 11.1. The minimum absolute atomic E-state index is 0.398. The zero-order valence-corrected chi connectivity index (χ0v) is 11.8. The summed E-state index contributed by atoms with van der Waals surface area (Å²) in [5, 5.41) is 10.3. The number of hydrogen-bond acceptors (Lipinski definition) is 3. The fraction of sp³-hybridized carbons (Fsp3) is 0.0588. The molecule has 0 N–H and O–H groups in total. The fourth-order valence-electron chi connectivity index (χ4n) is 2.12. The maximum Gasteiger partial charge on any atom is 0.121 e. The van der Waals surface area contributed by atoms with Gasteiger partial charge in [0, 0.05) is 23.2 Å². The number of halogens is 1. The van der Waals surface area contributed by atoms with Crippen LogP contribution in [0.3, 0.4) is 0 Å². The van der Waals surface area contributed by atoms with Gasteiger partial charge >= 0.3 is 0 Å².